The Balaban J connectivity index is 1.78. The van der Waals surface area contributed by atoms with Crippen LogP contribution in [0.2, 0.25) is 0 Å². The highest BCUT2D eigenvalue weighted by Gasteiger charge is 2.26. The number of Topliss-reactive ketones (excluding diaryl/α,β-unsaturated/α-hetero) is 1. The zero-order valence-electron chi connectivity index (χ0n) is 17.3. The topological polar surface area (TPSA) is 77.0 Å². The molecule has 1 fully saturated rings. The number of aromatic nitrogens is 3. The average Bonchev–Trinajstić information content (AvgIpc) is 3.33. The minimum Gasteiger partial charge on any atom is -0.462 e. The van der Waals surface area contributed by atoms with Gasteiger partial charge in [0.05, 0.1) is 29.3 Å². The number of carbonyl (C=O) groups excluding carboxylic acids is 2. The number of thioether (sulfide) groups is 1. The molecule has 0 aliphatic heterocycles. The molecule has 1 aliphatic carbocycles. The van der Waals surface area contributed by atoms with Gasteiger partial charge in [0, 0.05) is 17.4 Å². The second-order valence-electron chi connectivity index (χ2n) is 7.43. The highest BCUT2D eigenvalue weighted by Crippen LogP contribution is 2.35. The van der Waals surface area contributed by atoms with Crippen molar-refractivity contribution in [2.45, 2.75) is 71.5 Å². The molecule has 0 unspecified atom stereocenters. The van der Waals surface area contributed by atoms with E-state index in [1.165, 1.54) is 43.1 Å². The Morgan fingerprint density at radius 1 is 1.21 bits per heavy atom. The molecule has 0 atom stereocenters. The third kappa shape index (κ3) is 3.90. The van der Waals surface area contributed by atoms with Gasteiger partial charge in [0.15, 0.2) is 10.9 Å². The third-order valence-electron chi connectivity index (χ3n) is 5.57. The number of aryl methyl sites for hydroxylation is 2. The summed E-state index contributed by atoms with van der Waals surface area (Å²) in [4.78, 5) is 32.8. The minimum absolute atomic E-state index is 0.0302. The van der Waals surface area contributed by atoms with Crippen molar-refractivity contribution in [2.24, 2.45) is 0 Å². The zero-order chi connectivity index (χ0) is 20.4. The summed E-state index contributed by atoms with van der Waals surface area (Å²) in [6.45, 7) is 9.80. The molecular weight excluding hydrogens is 374 g/mol. The number of nitrogens with one attached hydrogen (secondary N) is 1. The lowest BCUT2D eigenvalue weighted by atomic mass is 10.1. The van der Waals surface area contributed by atoms with Gasteiger partial charge in [-0.2, -0.15) is 0 Å². The zero-order valence-corrected chi connectivity index (χ0v) is 18.2. The number of esters is 1. The molecule has 2 aromatic heterocycles. The van der Waals surface area contributed by atoms with E-state index in [0.29, 0.717) is 35.2 Å². The quantitative estimate of drug-likeness (QED) is 0.411. The molecule has 152 valence electrons. The molecule has 0 radical (unpaired) electrons. The smallest absolute Gasteiger partial charge is 0.340 e. The molecule has 0 spiro atoms. The van der Waals surface area contributed by atoms with Crippen molar-refractivity contribution in [2.75, 3.05) is 12.4 Å². The number of ether oxygens (including phenoxy) is 1. The Labute approximate surface area is 170 Å². The van der Waals surface area contributed by atoms with E-state index in [1.54, 1.807) is 20.8 Å². The third-order valence-corrected chi connectivity index (χ3v) is 6.53. The summed E-state index contributed by atoms with van der Waals surface area (Å²) >= 11 is 1.48. The standard InChI is InChI=1S/C21H29N3O3S/c1-6-27-20(26)18-12(2)19(22-14(18)4)17(25)11-28-21-23-13(3)15(5)24(21)16-9-7-8-10-16/h16,22H,6-11H2,1-5H3. The van der Waals surface area contributed by atoms with E-state index < -0.39 is 0 Å². The molecule has 1 N–H and O–H groups in total. The van der Waals surface area contributed by atoms with E-state index in [2.05, 4.69) is 16.5 Å². The maximum atomic E-state index is 12.9. The Morgan fingerprint density at radius 3 is 2.54 bits per heavy atom. The summed E-state index contributed by atoms with van der Waals surface area (Å²) in [5.41, 5.74) is 4.50. The Kier molecular flexibility index (Phi) is 6.33. The summed E-state index contributed by atoms with van der Waals surface area (Å²) < 4.78 is 7.43. The van der Waals surface area contributed by atoms with Gasteiger partial charge in [0.2, 0.25) is 0 Å². The van der Waals surface area contributed by atoms with E-state index in [9.17, 15) is 9.59 Å². The van der Waals surface area contributed by atoms with Crippen LogP contribution in [0.3, 0.4) is 0 Å². The molecule has 2 heterocycles. The number of ketones is 1. The maximum Gasteiger partial charge on any atom is 0.340 e. The Morgan fingerprint density at radius 2 is 1.89 bits per heavy atom. The van der Waals surface area contributed by atoms with Crippen LogP contribution in [0, 0.1) is 27.7 Å². The first-order valence-electron chi connectivity index (χ1n) is 9.92. The van der Waals surface area contributed by atoms with Gasteiger partial charge in [-0.25, -0.2) is 9.78 Å². The second kappa shape index (κ2) is 8.55. The molecule has 0 saturated heterocycles. The highest BCUT2D eigenvalue weighted by molar-refractivity contribution is 7.99. The minimum atomic E-state index is -0.386. The van der Waals surface area contributed by atoms with Crippen molar-refractivity contribution in [1.82, 2.24) is 14.5 Å². The molecule has 1 saturated carbocycles. The monoisotopic (exact) mass is 403 g/mol. The van der Waals surface area contributed by atoms with Crippen LogP contribution < -0.4 is 0 Å². The van der Waals surface area contributed by atoms with E-state index in [1.807, 2.05) is 6.92 Å². The van der Waals surface area contributed by atoms with Crippen LogP contribution in [0.25, 0.3) is 0 Å². The molecule has 7 heteroatoms. The van der Waals surface area contributed by atoms with E-state index >= 15 is 0 Å². The fourth-order valence-electron chi connectivity index (χ4n) is 4.03. The van der Waals surface area contributed by atoms with Crippen LogP contribution in [-0.4, -0.2) is 38.6 Å². The SMILES string of the molecule is CCOC(=O)c1c(C)[nH]c(C(=O)CSc2nc(C)c(C)n2C2CCCC2)c1C. The summed E-state index contributed by atoms with van der Waals surface area (Å²) in [5.74, 6) is -0.132. The predicted octanol–water partition coefficient (Wildman–Crippen LogP) is 4.71. The summed E-state index contributed by atoms with van der Waals surface area (Å²) in [7, 11) is 0. The second-order valence-corrected chi connectivity index (χ2v) is 8.37. The normalized spacial score (nSPS) is 14.6. The van der Waals surface area contributed by atoms with E-state index in [-0.39, 0.29) is 17.5 Å². The van der Waals surface area contributed by atoms with E-state index in [0.717, 1.165) is 10.9 Å². The van der Waals surface area contributed by atoms with Gasteiger partial charge >= 0.3 is 5.97 Å². The van der Waals surface area contributed by atoms with Crippen LogP contribution in [0.5, 0.6) is 0 Å². The average molecular weight is 404 g/mol. The molecule has 0 bridgehead atoms. The largest absolute Gasteiger partial charge is 0.462 e. The Hall–Kier alpha value is -2.02. The molecular formula is C21H29N3O3S. The fourth-order valence-corrected chi connectivity index (χ4v) is 5.06. The molecule has 6 nitrogen and oxygen atoms in total. The molecule has 2 aromatic rings. The lowest BCUT2D eigenvalue weighted by Crippen LogP contribution is -2.11. The fraction of sp³-hybridized carbons (Fsp3) is 0.571. The lowest BCUT2D eigenvalue weighted by Gasteiger charge is -2.16. The number of carbonyl (C=O) groups is 2. The van der Waals surface area contributed by atoms with Crippen LogP contribution in [0.4, 0.5) is 0 Å². The number of aromatic amines is 1. The number of hydrogen-bond acceptors (Lipinski definition) is 5. The van der Waals surface area contributed by atoms with Gasteiger partial charge in [0.25, 0.3) is 0 Å². The highest BCUT2D eigenvalue weighted by atomic mass is 32.2. The Bertz CT molecular complexity index is 891. The van der Waals surface area contributed by atoms with Crippen molar-refractivity contribution in [3.05, 3.63) is 33.9 Å². The first-order chi connectivity index (χ1) is 13.3. The number of imidazole rings is 1. The van der Waals surface area contributed by atoms with E-state index in [4.69, 9.17) is 9.72 Å². The molecule has 0 aromatic carbocycles. The summed E-state index contributed by atoms with van der Waals surface area (Å²) in [5, 5.41) is 0.918. The molecule has 0 amide bonds. The lowest BCUT2D eigenvalue weighted by molar-refractivity contribution is 0.0525. The first-order valence-corrected chi connectivity index (χ1v) is 10.9. The molecule has 3 rings (SSSR count). The van der Waals surface area contributed by atoms with Crippen LogP contribution in [0.15, 0.2) is 5.16 Å². The van der Waals surface area contributed by atoms with Crippen molar-refractivity contribution >= 4 is 23.5 Å². The van der Waals surface area contributed by atoms with Gasteiger partial charge < -0.3 is 14.3 Å². The number of H-pyrrole nitrogens is 1. The van der Waals surface area contributed by atoms with Crippen molar-refractivity contribution in [3.8, 4) is 0 Å². The van der Waals surface area contributed by atoms with Gasteiger partial charge in [-0.15, -0.1) is 0 Å². The van der Waals surface area contributed by atoms with Gasteiger partial charge in [0.1, 0.15) is 0 Å². The van der Waals surface area contributed by atoms with Crippen molar-refractivity contribution in [1.29, 1.82) is 0 Å². The van der Waals surface area contributed by atoms with Gasteiger partial charge in [-0.1, -0.05) is 24.6 Å². The number of hydrogen-bond donors (Lipinski definition) is 1. The van der Waals surface area contributed by atoms with Crippen LogP contribution >= 0.6 is 11.8 Å². The van der Waals surface area contributed by atoms with Crippen molar-refractivity contribution in [3.63, 3.8) is 0 Å². The van der Waals surface area contributed by atoms with Crippen LogP contribution in [0.1, 0.15) is 82.1 Å². The molecule has 28 heavy (non-hydrogen) atoms. The number of nitrogens with zero attached hydrogens (tertiary/aromatic N) is 2. The first kappa shape index (κ1) is 20.7. The van der Waals surface area contributed by atoms with Gasteiger partial charge in [-0.3, -0.25) is 4.79 Å². The number of rotatable bonds is 7. The summed E-state index contributed by atoms with van der Waals surface area (Å²) in [6, 6.07) is 0.490. The maximum absolute atomic E-state index is 12.9. The van der Waals surface area contributed by atoms with Crippen LogP contribution in [-0.2, 0) is 4.74 Å². The summed E-state index contributed by atoms with van der Waals surface area (Å²) in [6.07, 6.45) is 4.86. The van der Waals surface area contributed by atoms with Gasteiger partial charge in [-0.05, 0) is 53.0 Å². The predicted molar refractivity (Wildman–Crippen MR) is 110 cm³/mol. The van der Waals surface area contributed by atoms with Crippen molar-refractivity contribution < 1.29 is 14.3 Å². The molecule has 1 aliphatic rings.